The minimum absolute atomic E-state index is 0.174. The summed E-state index contributed by atoms with van der Waals surface area (Å²) in [7, 11) is -1.01. The number of hydrogen-bond acceptors (Lipinski definition) is 8. The molecule has 2 N–H and O–H groups in total. The summed E-state index contributed by atoms with van der Waals surface area (Å²) in [6, 6.07) is 12.6. The van der Waals surface area contributed by atoms with Gasteiger partial charge in [-0.15, -0.1) is 11.3 Å². The first-order valence-electron chi connectivity index (χ1n) is 13.2. The summed E-state index contributed by atoms with van der Waals surface area (Å²) in [6.45, 7) is 5.15. The molecule has 7 rings (SSSR count). The van der Waals surface area contributed by atoms with Crippen molar-refractivity contribution in [2.24, 2.45) is 0 Å². The molecule has 1 saturated carbocycles. The number of piperazine rings is 1. The van der Waals surface area contributed by atoms with E-state index in [0.717, 1.165) is 78.3 Å². The van der Waals surface area contributed by atoms with Crippen LogP contribution in [-0.4, -0.2) is 77.6 Å². The Morgan fingerprint density at radius 3 is 2.71 bits per heavy atom. The number of nitrogens with one attached hydrogen (secondary N) is 2. The lowest BCUT2D eigenvalue weighted by atomic mass is 10.1. The number of H-pyrrole nitrogens is 1. The summed E-state index contributed by atoms with van der Waals surface area (Å²) in [5.41, 5.74) is 4.88. The molecule has 3 aliphatic rings. The zero-order chi connectivity index (χ0) is 25.9. The molecule has 0 unspecified atom stereocenters. The van der Waals surface area contributed by atoms with Gasteiger partial charge in [-0.25, -0.2) is 13.4 Å². The van der Waals surface area contributed by atoms with Gasteiger partial charge in [-0.05, 0) is 62.2 Å². The first-order valence-corrected chi connectivity index (χ1v) is 15.5. The predicted molar refractivity (Wildman–Crippen MR) is 153 cm³/mol. The molecule has 0 bridgehead atoms. The number of sulfonamides is 1. The molecule has 4 aromatic rings. The molecule has 38 heavy (non-hydrogen) atoms. The Balaban J connectivity index is 1.17. The summed E-state index contributed by atoms with van der Waals surface area (Å²) >= 11 is 1.72. The molecule has 11 heteroatoms. The number of thiophene rings is 1. The van der Waals surface area contributed by atoms with Gasteiger partial charge in [0.1, 0.15) is 5.65 Å². The van der Waals surface area contributed by atoms with Crippen molar-refractivity contribution in [2.45, 2.75) is 31.1 Å². The number of benzene rings is 1. The van der Waals surface area contributed by atoms with E-state index in [-0.39, 0.29) is 5.25 Å². The second-order valence-electron chi connectivity index (χ2n) is 10.5. The van der Waals surface area contributed by atoms with Crippen molar-refractivity contribution in [2.75, 3.05) is 50.0 Å². The first-order chi connectivity index (χ1) is 18.4. The van der Waals surface area contributed by atoms with Crippen molar-refractivity contribution in [3.05, 3.63) is 53.0 Å². The summed E-state index contributed by atoms with van der Waals surface area (Å²) in [5, 5.41) is 4.22. The molecule has 0 radical (unpaired) electrons. The third-order valence-electron chi connectivity index (χ3n) is 7.76. The second kappa shape index (κ2) is 9.33. The van der Waals surface area contributed by atoms with E-state index in [1.54, 1.807) is 15.6 Å². The fourth-order valence-electron chi connectivity index (χ4n) is 5.38. The van der Waals surface area contributed by atoms with Crippen LogP contribution in [0.5, 0.6) is 0 Å². The fourth-order valence-corrected chi connectivity index (χ4v) is 8.36. The minimum atomic E-state index is -3.18. The molecular weight excluding hydrogens is 518 g/mol. The molecule has 0 amide bonds. The van der Waals surface area contributed by atoms with Crippen LogP contribution >= 0.6 is 11.3 Å². The van der Waals surface area contributed by atoms with Gasteiger partial charge in [0, 0.05) is 67.1 Å². The molecule has 3 aromatic heterocycles. The lowest BCUT2D eigenvalue weighted by molar-refractivity contribution is 0.313. The van der Waals surface area contributed by atoms with Crippen molar-refractivity contribution in [3.63, 3.8) is 0 Å². The van der Waals surface area contributed by atoms with Gasteiger partial charge in [-0.1, -0.05) is 6.07 Å². The van der Waals surface area contributed by atoms with E-state index >= 15 is 0 Å². The average Bonchev–Trinajstić information content (AvgIpc) is 3.54. The highest BCUT2D eigenvalue weighted by Crippen LogP contribution is 2.40. The molecule has 5 heterocycles. The quantitative estimate of drug-likeness (QED) is 0.375. The number of nitrogens with zero attached hydrogens (tertiary/aromatic N) is 5. The van der Waals surface area contributed by atoms with Gasteiger partial charge in [0.2, 0.25) is 16.0 Å². The number of rotatable bonds is 6. The van der Waals surface area contributed by atoms with Gasteiger partial charge in [0.05, 0.1) is 15.8 Å². The van der Waals surface area contributed by atoms with Crippen LogP contribution in [0.2, 0.25) is 0 Å². The Bertz CT molecular complexity index is 1600. The number of likely N-dealkylation sites (N-methyl/N-ethyl adjacent to an activating group) is 1. The van der Waals surface area contributed by atoms with Gasteiger partial charge < -0.3 is 20.1 Å². The van der Waals surface area contributed by atoms with E-state index in [2.05, 4.69) is 51.4 Å². The Morgan fingerprint density at radius 2 is 1.89 bits per heavy atom. The second-order valence-corrected chi connectivity index (χ2v) is 13.8. The zero-order valence-corrected chi connectivity index (χ0v) is 23.0. The molecule has 0 spiro atoms. The molecule has 2 fully saturated rings. The number of hydrogen-bond donors (Lipinski definition) is 2. The van der Waals surface area contributed by atoms with Crippen LogP contribution in [-0.2, 0) is 23.0 Å². The van der Waals surface area contributed by atoms with Gasteiger partial charge in [-0.2, -0.15) is 9.29 Å². The first kappa shape index (κ1) is 24.1. The van der Waals surface area contributed by atoms with Crippen LogP contribution < -0.4 is 10.2 Å². The van der Waals surface area contributed by atoms with Crippen LogP contribution in [0.3, 0.4) is 0 Å². The number of aromatic amines is 1. The van der Waals surface area contributed by atoms with Crippen molar-refractivity contribution < 1.29 is 8.42 Å². The summed E-state index contributed by atoms with van der Waals surface area (Å²) in [6.07, 6.45) is 4.22. The molecule has 2 aliphatic heterocycles. The summed E-state index contributed by atoms with van der Waals surface area (Å²) < 4.78 is 27.3. The van der Waals surface area contributed by atoms with Crippen molar-refractivity contribution >= 4 is 49.7 Å². The van der Waals surface area contributed by atoms with Crippen LogP contribution in [0.25, 0.3) is 21.6 Å². The maximum absolute atomic E-state index is 12.8. The highest BCUT2D eigenvalue weighted by Gasteiger charge is 2.41. The van der Waals surface area contributed by atoms with Gasteiger partial charge >= 0.3 is 0 Å². The number of aromatic nitrogens is 3. The predicted octanol–water partition coefficient (Wildman–Crippen LogP) is 4.03. The molecule has 1 aromatic carbocycles. The Labute approximate surface area is 226 Å². The van der Waals surface area contributed by atoms with Crippen molar-refractivity contribution in [3.8, 4) is 10.6 Å². The van der Waals surface area contributed by atoms with Crippen LogP contribution in [0.15, 0.2) is 42.6 Å². The van der Waals surface area contributed by atoms with E-state index in [9.17, 15) is 8.42 Å². The van der Waals surface area contributed by atoms with E-state index in [1.165, 1.54) is 10.6 Å². The molecule has 198 valence electrons. The largest absolute Gasteiger partial charge is 0.369 e. The third kappa shape index (κ3) is 4.47. The monoisotopic (exact) mass is 549 g/mol. The topological polar surface area (TPSA) is 97.5 Å². The van der Waals surface area contributed by atoms with Crippen LogP contribution in [0, 0.1) is 0 Å². The Hall–Kier alpha value is -2.99. The van der Waals surface area contributed by atoms with Crippen LogP contribution in [0.1, 0.15) is 23.3 Å². The van der Waals surface area contributed by atoms with Gasteiger partial charge in [0.25, 0.3) is 0 Å². The highest BCUT2D eigenvalue weighted by atomic mass is 32.2. The summed E-state index contributed by atoms with van der Waals surface area (Å²) in [5.74, 6) is 0.537. The normalized spacial score (nSPS) is 19.1. The number of anilines is 3. The average molecular weight is 550 g/mol. The maximum Gasteiger partial charge on any atom is 0.229 e. The molecular formula is C27H31N7O2S2. The smallest absolute Gasteiger partial charge is 0.229 e. The Kier molecular flexibility index (Phi) is 5.91. The molecule has 9 nitrogen and oxygen atoms in total. The Morgan fingerprint density at radius 1 is 1.05 bits per heavy atom. The molecule has 1 saturated heterocycles. The zero-order valence-electron chi connectivity index (χ0n) is 21.4. The van der Waals surface area contributed by atoms with E-state index < -0.39 is 10.0 Å². The fraction of sp³-hybridized carbons (Fsp3) is 0.407. The lowest BCUT2D eigenvalue weighted by Gasteiger charge is -2.34. The number of fused-ring (bicyclic) bond motifs is 2. The molecule has 0 atom stereocenters. The third-order valence-corrected chi connectivity index (χ3v) is 11.3. The van der Waals surface area contributed by atoms with E-state index in [1.807, 2.05) is 18.3 Å². The lowest BCUT2D eigenvalue weighted by Crippen LogP contribution is -2.44. The van der Waals surface area contributed by atoms with Gasteiger partial charge in [0.15, 0.2) is 0 Å². The minimum Gasteiger partial charge on any atom is -0.369 e. The van der Waals surface area contributed by atoms with Gasteiger partial charge in [-0.3, -0.25) is 0 Å². The van der Waals surface area contributed by atoms with Crippen molar-refractivity contribution in [1.82, 2.24) is 24.2 Å². The SMILES string of the molecule is CN1CCN(c2cccc(Nc3nc(-c4cc5c(s4)CCN(S(=O)(=O)C4CC4)C5)c4cc[nH]c4n3)c2)CC1. The standard InChI is InChI=1S/C27H31N7O2S2/c1-32-11-13-33(14-12-32)20-4-2-3-19(16-20)29-27-30-25(22-7-9-28-26(22)31-27)24-15-18-17-34(10-8-23(18)37-24)38(35,36)21-5-6-21/h2-4,7,9,15-16,21H,5-6,8,10-14,17H2,1H3,(H2,28,29,30,31). The highest BCUT2D eigenvalue weighted by molar-refractivity contribution is 7.90. The van der Waals surface area contributed by atoms with Crippen molar-refractivity contribution in [1.29, 1.82) is 0 Å². The molecule has 1 aliphatic carbocycles. The van der Waals surface area contributed by atoms with E-state index in [0.29, 0.717) is 19.0 Å². The maximum atomic E-state index is 12.8. The summed E-state index contributed by atoms with van der Waals surface area (Å²) in [4.78, 5) is 20.0. The van der Waals surface area contributed by atoms with E-state index in [4.69, 9.17) is 9.97 Å². The van der Waals surface area contributed by atoms with Crippen LogP contribution in [0.4, 0.5) is 17.3 Å².